The summed E-state index contributed by atoms with van der Waals surface area (Å²) in [4.78, 5) is 0. The molecule has 0 nitrogen and oxygen atoms in total. The average Bonchev–Trinajstić information content (AvgIpc) is 2.68. The van der Waals surface area contributed by atoms with Gasteiger partial charge < -0.3 is 50.5 Å². The normalized spacial score (nSPS) is 12.3. The van der Waals surface area contributed by atoms with Crippen LogP contribution in [-0.4, -0.2) is 23.0 Å². The Morgan fingerprint density at radius 1 is 0.448 bits per heavy atom. The molecule has 0 bridgehead atoms. The van der Waals surface area contributed by atoms with Crippen LogP contribution in [0.3, 0.4) is 0 Å². The molecule has 0 heterocycles. The van der Waals surface area contributed by atoms with E-state index in [9.17, 15) is 0 Å². The molecule has 0 spiro atoms. The first-order chi connectivity index (χ1) is 13.4. The standard InChI is InChI=1S/2C10H20S4.Ni/c2*1-3-5-7-13-9(11)10(12)14-8-6-4-2;/h2*11-12H,3-8H2,1-2H3;/p-4/b2*10-9-;. The molecule has 9 heteroatoms. The quantitative estimate of drug-likeness (QED) is 0.0982. The van der Waals surface area contributed by atoms with E-state index in [4.69, 9.17) is 50.5 Å². The minimum absolute atomic E-state index is 0. The van der Waals surface area contributed by atoms with Crippen molar-refractivity contribution < 1.29 is 16.5 Å². The molecular formula is C20H36NiS8-4. The molecule has 0 aliphatic heterocycles. The summed E-state index contributed by atoms with van der Waals surface area (Å²) in [5.41, 5.74) is 0. The molecule has 0 aromatic carbocycles. The van der Waals surface area contributed by atoms with Gasteiger partial charge in [-0.1, -0.05) is 53.4 Å². The van der Waals surface area contributed by atoms with Crippen LogP contribution in [0.1, 0.15) is 79.1 Å². The van der Waals surface area contributed by atoms with Crippen LogP contribution in [0.15, 0.2) is 16.9 Å². The molecule has 0 saturated heterocycles. The van der Waals surface area contributed by atoms with Gasteiger partial charge in [0, 0.05) is 16.5 Å². The maximum absolute atomic E-state index is 5.24. The predicted octanol–water partition coefficient (Wildman–Crippen LogP) is 8.54. The first-order valence-electron chi connectivity index (χ1n) is 10.1. The van der Waals surface area contributed by atoms with Gasteiger partial charge in [-0.2, -0.15) is 64.0 Å². The number of thioether (sulfide) groups is 4. The summed E-state index contributed by atoms with van der Waals surface area (Å²) < 4.78 is 3.70. The summed E-state index contributed by atoms with van der Waals surface area (Å²) >= 11 is 27.9. The van der Waals surface area contributed by atoms with E-state index in [1.165, 1.54) is 51.4 Å². The topological polar surface area (TPSA) is 0 Å². The molecule has 0 unspecified atom stereocenters. The fourth-order valence-corrected chi connectivity index (χ4v) is 6.83. The summed E-state index contributed by atoms with van der Waals surface area (Å²) in [5.74, 6) is 4.46. The van der Waals surface area contributed by atoms with Crippen molar-refractivity contribution in [2.45, 2.75) is 79.1 Å². The van der Waals surface area contributed by atoms with Crippen molar-refractivity contribution in [3.05, 3.63) is 16.9 Å². The Morgan fingerprint density at radius 2 is 0.621 bits per heavy atom. The van der Waals surface area contributed by atoms with E-state index in [0.717, 1.165) is 40.0 Å². The monoisotopic (exact) mass is 590 g/mol. The van der Waals surface area contributed by atoms with Gasteiger partial charge in [-0.15, -0.1) is 0 Å². The SMILES string of the molecule is CCCCS/C([S-])=C(/[S-])SCCCC.CCCCS/C([S-])=C(/[S-])SCCCC.[Ni]. The fraction of sp³-hybridized carbons (Fsp3) is 0.800. The van der Waals surface area contributed by atoms with Crippen LogP contribution in [0.25, 0.3) is 0 Å². The summed E-state index contributed by atoms with van der Waals surface area (Å²) in [7, 11) is 0. The second kappa shape index (κ2) is 28.3. The van der Waals surface area contributed by atoms with E-state index in [0.29, 0.717) is 0 Å². The zero-order valence-corrected chi connectivity index (χ0v) is 25.6. The van der Waals surface area contributed by atoms with Crippen LogP contribution in [-0.2, 0) is 67.0 Å². The van der Waals surface area contributed by atoms with E-state index < -0.39 is 0 Å². The van der Waals surface area contributed by atoms with Crippen LogP contribution >= 0.6 is 47.0 Å². The third kappa shape index (κ3) is 26.4. The fourth-order valence-electron chi connectivity index (χ4n) is 1.47. The zero-order valence-electron chi connectivity index (χ0n) is 18.1. The molecule has 0 rings (SSSR count). The molecule has 0 atom stereocenters. The van der Waals surface area contributed by atoms with Crippen LogP contribution in [0.2, 0.25) is 0 Å². The van der Waals surface area contributed by atoms with Crippen molar-refractivity contribution in [2.24, 2.45) is 0 Å². The molecule has 0 aliphatic carbocycles. The van der Waals surface area contributed by atoms with Gasteiger partial charge >= 0.3 is 0 Å². The van der Waals surface area contributed by atoms with Crippen molar-refractivity contribution in [3.8, 4) is 0 Å². The van der Waals surface area contributed by atoms with Gasteiger partial charge in [0.1, 0.15) is 0 Å². The van der Waals surface area contributed by atoms with Crippen molar-refractivity contribution >= 4 is 97.6 Å². The Bertz CT molecular complexity index is 339. The Morgan fingerprint density at radius 3 is 0.759 bits per heavy atom. The van der Waals surface area contributed by atoms with E-state index >= 15 is 0 Å². The Balaban J connectivity index is -0.000000451. The van der Waals surface area contributed by atoms with Gasteiger partial charge in [0.15, 0.2) is 0 Å². The molecule has 0 radical (unpaired) electrons. The number of hydrogen-bond acceptors (Lipinski definition) is 8. The minimum Gasteiger partial charge on any atom is -0.774 e. The summed E-state index contributed by atoms with van der Waals surface area (Å²) in [6.07, 6.45) is 9.83. The van der Waals surface area contributed by atoms with Crippen LogP contribution in [0.4, 0.5) is 0 Å². The predicted molar refractivity (Wildman–Crippen MR) is 153 cm³/mol. The number of unbranched alkanes of at least 4 members (excludes halogenated alkanes) is 4. The van der Waals surface area contributed by atoms with Gasteiger partial charge in [-0.25, -0.2) is 0 Å². The van der Waals surface area contributed by atoms with Gasteiger partial charge in [0.05, 0.1) is 0 Å². The molecule has 0 aromatic rings. The molecule has 178 valence electrons. The summed E-state index contributed by atoms with van der Waals surface area (Å²) in [5, 5.41) is 0. The van der Waals surface area contributed by atoms with Gasteiger partial charge in [-0.3, -0.25) is 0 Å². The van der Waals surface area contributed by atoms with E-state index in [2.05, 4.69) is 27.7 Å². The molecule has 0 fully saturated rings. The Hall–Kier alpha value is 2.25. The molecule has 0 aliphatic rings. The van der Waals surface area contributed by atoms with E-state index in [-0.39, 0.29) is 16.5 Å². The third-order valence-corrected chi connectivity index (χ3v) is 10.4. The molecular weight excluding hydrogens is 555 g/mol. The third-order valence-electron chi connectivity index (χ3n) is 3.26. The second-order valence-electron chi connectivity index (χ2n) is 5.96. The Kier molecular flexibility index (Phi) is 35.0. The van der Waals surface area contributed by atoms with Crippen LogP contribution < -0.4 is 0 Å². The van der Waals surface area contributed by atoms with Crippen molar-refractivity contribution in [3.63, 3.8) is 0 Å². The molecule has 0 amide bonds. The zero-order chi connectivity index (χ0) is 21.6. The maximum atomic E-state index is 5.24. The molecule has 0 N–H and O–H groups in total. The van der Waals surface area contributed by atoms with Gasteiger partial charge in [0.2, 0.25) is 0 Å². The van der Waals surface area contributed by atoms with Crippen LogP contribution in [0.5, 0.6) is 0 Å². The van der Waals surface area contributed by atoms with Crippen molar-refractivity contribution in [1.82, 2.24) is 0 Å². The molecule has 0 saturated carbocycles. The average molecular weight is 592 g/mol. The minimum atomic E-state index is 0. The van der Waals surface area contributed by atoms with E-state index in [1.807, 2.05) is 0 Å². The Labute approximate surface area is 230 Å². The van der Waals surface area contributed by atoms with Gasteiger partial charge in [0.25, 0.3) is 0 Å². The second-order valence-corrected chi connectivity index (χ2v) is 13.0. The molecule has 29 heavy (non-hydrogen) atoms. The summed E-state index contributed by atoms with van der Waals surface area (Å²) in [6, 6.07) is 0. The maximum Gasteiger partial charge on any atom is 0 e. The number of rotatable bonds is 16. The first kappa shape index (κ1) is 35.8. The van der Waals surface area contributed by atoms with E-state index in [1.54, 1.807) is 47.0 Å². The molecule has 0 aromatic heterocycles. The summed E-state index contributed by atoms with van der Waals surface area (Å²) in [6.45, 7) is 8.77. The van der Waals surface area contributed by atoms with Crippen molar-refractivity contribution in [2.75, 3.05) is 23.0 Å². The number of hydrogen-bond donors (Lipinski definition) is 0. The van der Waals surface area contributed by atoms with Crippen LogP contribution in [0, 0.1) is 0 Å². The largest absolute Gasteiger partial charge is 0.774 e. The van der Waals surface area contributed by atoms with Gasteiger partial charge in [-0.05, 0) is 48.7 Å². The smallest absolute Gasteiger partial charge is 0 e. The first-order valence-corrected chi connectivity index (χ1v) is 15.7. The van der Waals surface area contributed by atoms with Crippen molar-refractivity contribution in [1.29, 1.82) is 0 Å².